The van der Waals surface area contributed by atoms with E-state index in [1.807, 2.05) is 13.0 Å². The zero-order valence-corrected chi connectivity index (χ0v) is 11.4. The van der Waals surface area contributed by atoms with Crippen molar-refractivity contribution in [2.75, 3.05) is 0 Å². The molecule has 0 spiro atoms. The van der Waals surface area contributed by atoms with Crippen LogP contribution in [-0.2, 0) is 13.2 Å². The van der Waals surface area contributed by atoms with Gasteiger partial charge in [-0.25, -0.2) is 0 Å². The third-order valence-corrected chi connectivity index (χ3v) is 3.27. The largest absolute Gasteiger partial charge is 0.486 e. The maximum absolute atomic E-state index is 5.90. The fourth-order valence-corrected chi connectivity index (χ4v) is 1.87. The maximum atomic E-state index is 5.90. The Morgan fingerprint density at radius 3 is 2.61 bits per heavy atom. The molecule has 0 aliphatic rings. The Labute approximate surface area is 115 Å². The Morgan fingerprint density at radius 1 is 1.22 bits per heavy atom. The molecule has 2 rings (SSSR count). The van der Waals surface area contributed by atoms with Crippen LogP contribution in [0.2, 0.25) is 10.0 Å². The number of hydrogen-bond donors (Lipinski definition) is 1. The molecule has 0 radical (unpaired) electrons. The highest BCUT2D eigenvalue weighted by Crippen LogP contribution is 2.27. The fraction of sp³-hybridized carbons (Fsp3) is 0.231. The molecule has 2 N–H and O–H groups in total. The molecule has 0 bridgehead atoms. The van der Waals surface area contributed by atoms with Crippen LogP contribution >= 0.6 is 23.2 Å². The van der Waals surface area contributed by atoms with E-state index >= 15 is 0 Å². The van der Waals surface area contributed by atoms with E-state index in [0.717, 1.165) is 17.1 Å². The van der Waals surface area contributed by atoms with Crippen LogP contribution in [0.25, 0.3) is 0 Å². The first-order valence-electron chi connectivity index (χ1n) is 5.46. The van der Waals surface area contributed by atoms with Crippen LogP contribution in [0.15, 0.2) is 28.7 Å². The van der Waals surface area contributed by atoms with Crippen molar-refractivity contribution in [3.63, 3.8) is 0 Å². The van der Waals surface area contributed by atoms with E-state index in [-0.39, 0.29) is 0 Å². The van der Waals surface area contributed by atoms with Crippen LogP contribution in [0, 0.1) is 6.92 Å². The zero-order valence-electron chi connectivity index (χ0n) is 9.87. The lowest BCUT2D eigenvalue weighted by molar-refractivity contribution is 0.266. The fourth-order valence-electron chi connectivity index (χ4n) is 1.59. The van der Waals surface area contributed by atoms with Crippen molar-refractivity contribution in [1.29, 1.82) is 0 Å². The minimum atomic E-state index is 0.332. The second-order valence-corrected chi connectivity index (χ2v) is 4.70. The van der Waals surface area contributed by atoms with Gasteiger partial charge in [-0.2, -0.15) is 0 Å². The molecule has 5 heteroatoms. The SMILES string of the molecule is Cc1cc(COc2ccc(Cl)c(Cl)c2)oc1CN. The summed E-state index contributed by atoms with van der Waals surface area (Å²) in [5.74, 6) is 2.16. The van der Waals surface area contributed by atoms with E-state index in [0.29, 0.717) is 28.9 Å². The van der Waals surface area contributed by atoms with Crippen molar-refractivity contribution >= 4 is 23.2 Å². The number of ether oxygens (including phenoxy) is 1. The Kier molecular flexibility index (Phi) is 4.17. The summed E-state index contributed by atoms with van der Waals surface area (Å²) in [7, 11) is 0. The molecule has 0 fully saturated rings. The standard InChI is InChI=1S/C13H13Cl2NO2/c1-8-4-10(18-13(8)6-16)7-17-9-2-3-11(14)12(15)5-9/h2-5H,6-7,16H2,1H3. The first kappa shape index (κ1) is 13.3. The lowest BCUT2D eigenvalue weighted by Gasteiger charge is -2.05. The van der Waals surface area contributed by atoms with Crippen molar-refractivity contribution in [3.05, 3.63) is 51.4 Å². The molecule has 0 saturated carbocycles. The van der Waals surface area contributed by atoms with Gasteiger partial charge in [0.1, 0.15) is 23.9 Å². The van der Waals surface area contributed by atoms with Gasteiger partial charge in [-0.15, -0.1) is 0 Å². The summed E-state index contributed by atoms with van der Waals surface area (Å²) < 4.78 is 11.1. The van der Waals surface area contributed by atoms with E-state index < -0.39 is 0 Å². The number of halogens is 2. The third kappa shape index (κ3) is 2.99. The van der Waals surface area contributed by atoms with Crippen LogP contribution in [0.1, 0.15) is 17.1 Å². The molecule has 2 aromatic rings. The van der Waals surface area contributed by atoms with Crippen molar-refractivity contribution in [3.8, 4) is 5.75 Å². The van der Waals surface area contributed by atoms with Gasteiger partial charge in [-0.05, 0) is 30.7 Å². The highest BCUT2D eigenvalue weighted by Gasteiger charge is 2.07. The minimum Gasteiger partial charge on any atom is -0.486 e. The van der Waals surface area contributed by atoms with Crippen molar-refractivity contribution in [2.24, 2.45) is 5.73 Å². The highest BCUT2D eigenvalue weighted by molar-refractivity contribution is 6.42. The number of rotatable bonds is 4. The number of hydrogen-bond acceptors (Lipinski definition) is 3. The molecule has 0 saturated heterocycles. The van der Waals surface area contributed by atoms with E-state index in [1.54, 1.807) is 18.2 Å². The Balaban J connectivity index is 2.04. The van der Waals surface area contributed by atoms with Gasteiger partial charge >= 0.3 is 0 Å². The van der Waals surface area contributed by atoms with Crippen LogP contribution in [0.5, 0.6) is 5.75 Å². The molecule has 1 aromatic carbocycles. The summed E-state index contributed by atoms with van der Waals surface area (Å²) in [6.45, 7) is 2.67. The molecule has 1 heterocycles. The first-order valence-corrected chi connectivity index (χ1v) is 6.22. The first-order chi connectivity index (χ1) is 8.60. The minimum absolute atomic E-state index is 0.332. The average molecular weight is 286 g/mol. The molecule has 0 aliphatic carbocycles. The van der Waals surface area contributed by atoms with Crippen molar-refractivity contribution < 1.29 is 9.15 Å². The Morgan fingerprint density at radius 2 is 2.00 bits per heavy atom. The predicted molar refractivity (Wildman–Crippen MR) is 72.1 cm³/mol. The topological polar surface area (TPSA) is 48.4 Å². The van der Waals surface area contributed by atoms with Crippen LogP contribution < -0.4 is 10.5 Å². The van der Waals surface area contributed by atoms with Gasteiger partial charge in [0.25, 0.3) is 0 Å². The summed E-state index contributed by atoms with van der Waals surface area (Å²) in [5.41, 5.74) is 6.57. The molecule has 3 nitrogen and oxygen atoms in total. The van der Waals surface area contributed by atoms with Gasteiger partial charge in [-0.1, -0.05) is 23.2 Å². The lowest BCUT2D eigenvalue weighted by atomic mass is 10.2. The Hall–Kier alpha value is -1.16. The van der Waals surface area contributed by atoms with Crippen molar-refractivity contribution in [2.45, 2.75) is 20.1 Å². The number of benzene rings is 1. The Bertz CT molecular complexity index is 552. The van der Waals surface area contributed by atoms with E-state index in [2.05, 4.69) is 0 Å². The number of nitrogens with two attached hydrogens (primary N) is 1. The smallest absolute Gasteiger partial charge is 0.146 e. The normalized spacial score (nSPS) is 10.7. The molecular weight excluding hydrogens is 273 g/mol. The quantitative estimate of drug-likeness (QED) is 0.926. The summed E-state index contributed by atoms with van der Waals surface area (Å²) in [4.78, 5) is 0. The van der Waals surface area contributed by atoms with Crippen LogP contribution in [0.4, 0.5) is 0 Å². The maximum Gasteiger partial charge on any atom is 0.146 e. The second kappa shape index (κ2) is 5.65. The molecule has 0 aliphatic heterocycles. The summed E-state index contributed by atoms with van der Waals surface area (Å²) in [6.07, 6.45) is 0. The zero-order chi connectivity index (χ0) is 13.1. The van der Waals surface area contributed by atoms with Gasteiger partial charge in [0, 0.05) is 6.07 Å². The van der Waals surface area contributed by atoms with Crippen LogP contribution in [0.3, 0.4) is 0 Å². The molecule has 96 valence electrons. The van der Waals surface area contributed by atoms with Crippen LogP contribution in [-0.4, -0.2) is 0 Å². The van der Waals surface area contributed by atoms with E-state index in [9.17, 15) is 0 Å². The van der Waals surface area contributed by atoms with Gasteiger partial charge < -0.3 is 14.9 Å². The van der Waals surface area contributed by atoms with Gasteiger partial charge in [-0.3, -0.25) is 0 Å². The molecular formula is C13H13Cl2NO2. The van der Waals surface area contributed by atoms with Gasteiger partial charge in [0.2, 0.25) is 0 Å². The summed E-state index contributed by atoms with van der Waals surface area (Å²) in [5, 5.41) is 0.968. The van der Waals surface area contributed by atoms with Gasteiger partial charge in [0.05, 0.1) is 16.6 Å². The molecule has 0 atom stereocenters. The monoisotopic (exact) mass is 285 g/mol. The molecule has 0 amide bonds. The van der Waals surface area contributed by atoms with E-state index in [4.69, 9.17) is 38.1 Å². The molecule has 1 aromatic heterocycles. The highest BCUT2D eigenvalue weighted by atomic mass is 35.5. The average Bonchev–Trinajstić information content (AvgIpc) is 2.71. The molecule has 18 heavy (non-hydrogen) atoms. The molecule has 0 unspecified atom stereocenters. The number of aryl methyl sites for hydroxylation is 1. The van der Waals surface area contributed by atoms with Gasteiger partial charge in [0.15, 0.2) is 0 Å². The lowest BCUT2D eigenvalue weighted by Crippen LogP contribution is -1.96. The predicted octanol–water partition coefficient (Wildman–Crippen LogP) is 3.93. The number of furan rings is 1. The van der Waals surface area contributed by atoms with Crippen molar-refractivity contribution in [1.82, 2.24) is 0 Å². The summed E-state index contributed by atoms with van der Waals surface area (Å²) in [6, 6.07) is 7.04. The third-order valence-electron chi connectivity index (χ3n) is 2.53. The second-order valence-electron chi connectivity index (χ2n) is 3.89. The summed E-state index contributed by atoms with van der Waals surface area (Å²) >= 11 is 11.7. The van der Waals surface area contributed by atoms with E-state index in [1.165, 1.54) is 0 Å².